The highest BCUT2D eigenvalue weighted by Gasteiger charge is 2.39. The molecule has 0 fully saturated rings. The van der Waals surface area contributed by atoms with Crippen LogP contribution in [0.5, 0.6) is 0 Å². The summed E-state index contributed by atoms with van der Waals surface area (Å²) >= 11 is 0. The number of aliphatic carboxylic acids is 1. The molecule has 0 saturated carbocycles. The summed E-state index contributed by atoms with van der Waals surface area (Å²) < 4.78 is 5.54. The molecule has 1 aliphatic carbocycles. The van der Waals surface area contributed by atoms with E-state index in [9.17, 15) is 19.5 Å². The summed E-state index contributed by atoms with van der Waals surface area (Å²) in [5.74, 6) is -1.73. The Kier molecular flexibility index (Phi) is 7.21. The van der Waals surface area contributed by atoms with Gasteiger partial charge in [0, 0.05) is 12.5 Å². The van der Waals surface area contributed by atoms with Gasteiger partial charge in [0.1, 0.15) is 18.2 Å². The highest BCUT2D eigenvalue weighted by molar-refractivity contribution is 5.91. The first-order valence-electron chi connectivity index (χ1n) is 11.0. The Morgan fingerprint density at radius 1 is 1.12 bits per heavy atom. The largest absolute Gasteiger partial charge is 0.480 e. The first-order chi connectivity index (χ1) is 15.7. The van der Waals surface area contributed by atoms with Gasteiger partial charge in [-0.05, 0) is 49.4 Å². The van der Waals surface area contributed by atoms with Crippen molar-refractivity contribution in [2.24, 2.45) is 0 Å². The molecule has 2 amide bonds. The van der Waals surface area contributed by atoms with E-state index in [2.05, 4.69) is 24.0 Å². The molecule has 0 heterocycles. The molecule has 0 spiro atoms. The molecule has 0 saturated heterocycles. The van der Waals surface area contributed by atoms with Gasteiger partial charge in [0.15, 0.2) is 0 Å². The van der Waals surface area contributed by atoms with Crippen molar-refractivity contribution < 1.29 is 24.2 Å². The van der Waals surface area contributed by atoms with E-state index in [0.29, 0.717) is 0 Å². The van der Waals surface area contributed by atoms with Crippen LogP contribution in [0.3, 0.4) is 0 Å². The Hall–Kier alpha value is -3.61. The van der Waals surface area contributed by atoms with E-state index in [1.165, 1.54) is 24.8 Å². The normalized spacial score (nSPS) is 13.4. The monoisotopic (exact) mass is 450 g/mol. The molecule has 1 unspecified atom stereocenters. The van der Waals surface area contributed by atoms with E-state index in [-0.39, 0.29) is 25.5 Å². The van der Waals surface area contributed by atoms with Gasteiger partial charge in [-0.3, -0.25) is 4.79 Å². The first-order valence-corrected chi connectivity index (χ1v) is 11.0. The number of carbonyl (C=O) groups is 3. The summed E-state index contributed by atoms with van der Waals surface area (Å²) in [5, 5.41) is 12.1. The summed E-state index contributed by atoms with van der Waals surface area (Å²) in [5.41, 5.74) is 3.00. The van der Waals surface area contributed by atoms with Gasteiger partial charge in [-0.25, -0.2) is 9.59 Å². The zero-order valence-corrected chi connectivity index (χ0v) is 19.2. The summed E-state index contributed by atoms with van der Waals surface area (Å²) in [6, 6.07) is 15.1. The van der Waals surface area contributed by atoms with Gasteiger partial charge in [0.25, 0.3) is 0 Å². The summed E-state index contributed by atoms with van der Waals surface area (Å²) in [7, 11) is 0. The van der Waals surface area contributed by atoms with E-state index < -0.39 is 29.6 Å². The fraction of sp³-hybridized carbons (Fsp3) is 0.346. The van der Waals surface area contributed by atoms with Crippen molar-refractivity contribution in [1.29, 1.82) is 0 Å². The minimum absolute atomic E-state index is 0.102. The lowest BCUT2D eigenvalue weighted by atomic mass is 9.98. The van der Waals surface area contributed by atoms with Gasteiger partial charge in [-0.1, -0.05) is 54.6 Å². The van der Waals surface area contributed by atoms with Crippen LogP contribution < -0.4 is 5.32 Å². The number of nitrogens with one attached hydrogen (secondary N) is 1. The molecule has 0 bridgehead atoms. The second-order valence-corrected chi connectivity index (χ2v) is 8.49. The van der Waals surface area contributed by atoms with Crippen molar-refractivity contribution in [3.63, 3.8) is 0 Å². The van der Waals surface area contributed by atoms with Gasteiger partial charge >= 0.3 is 12.1 Å². The molecule has 0 aromatic heterocycles. The van der Waals surface area contributed by atoms with Crippen molar-refractivity contribution in [1.82, 2.24) is 10.2 Å². The maximum Gasteiger partial charge on any atom is 0.407 e. The summed E-state index contributed by atoms with van der Waals surface area (Å²) in [4.78, 5) is 38.6. The van der Waals surface area contributed by atoms with E-state index in [4.69, 9.17) is 4.74 Å². The molecule has 1 atom stereocenters. The Bertz CT molecular complexity index is 1020. The number of fused-ring (bicyclic) bond motifs is 3. The number of carbonyl (C=O) groups excluding carboxylic acids is 2. The number of rotatable bonds is 9. The maximum absolute atomic E-state index is 13.1. The second-order valence-electron chi connectivity index (χ2n) is 8.49. The van der Waals surface area contributed by atoms with Crippen molar-refractivity contribution in [2.75, 3.05) is 13.2 Å². The number of carboxylic acids is 1. The quantitative estimate of drug-likeness (QED) is 0.559. The van der Waals surface area contributed by atoms with Crippen molar-refractivity contribution in [3.05, 3.63) is 72.3 Å². The second kappa shape index (κ2) is 9.90. The molecule has 2 N–H and O–H groups in total. The number of hydrogen-bond acceptors (Lipinski definition) is 4. The van der Waals surface area contributed by atoms with Crippen LogP contribution in [0.25, 0.3) is 11.1 Å². The predicted molar refractivity (Wildman–Crippen MR) is 126 cm³/mol. The number of amides is 2. The standard InChI is InChI=1S/C26H30N2O5/c1-5-11-22(23(29)28(6-2)26(3,4)24(30)31)27-25(32)33-16-21-19-14-9-7-12-17(19)18-13-8-10-15-20(18)21/h5,7-10,12-15,21-22H,1,6,11,16H2,2-4H3,(H,27,32)(H,30,31). The number of benzene rings is 2. The number of alkyl carbamates (subject to hydrolysis) is 1. The fourth-order valence-electron chi connectivity index (χ4n) is 4.30. The highest BCUT2D eigenvalue weighted by Crippen LogP contribution is 2.44. The lowest BCUT2D eigenvalue weighted by Crippen LogP contribution is -2.58. The topological polar surface area (TPSA) is 95.9 Å². The van der Waals surface area contributed by atoms with Gasteiger partial charge in [0.2, 0.25) is 5.91 Å². The molecule has 7 heteroatoms. The van der Waals surface area contributed by atoms with Crippen molar-refractivity contribution in [3.8, 4) is 11.1 Å². The van der Waals surface area contributed by atoms with E-state index >= 15 is 0 Å². The Labute approximate surface area is 194 Å². The molecule has 0 radical (unpaired) electrons. The average molecular weight is 451 g/mol. The third-order valence-electron chi connectivity index (χ3n) is 6.12. The minimum atomic E-state index is -1.42. The van der Waals surface area contributed by atoms with Gasteiger partial charge in [-0.2, -0.15) is 0 Å². The number of nitrogens with zero attached hydrogens (tertiary/aromatic N) is 1. The number of carboxylic acid groups (broad SMARTS) is 1. The highest BCUT2D eigenvalue weighted by atomic mass is 16.5. The molecular formula is C26H30N2O5. The molecular weight excluding hydrogens is 420 g/mol. The molecule has 2 aromatic rings. The van der Waals surface area contributed by atoms with Gasteiger partial charge < -0.3 is 20.1 Å². The molecule has 33 heavy (non-hydrogen) atoms. The minimum Gasteiger partial charge on any atom is -0.480 e. The van der Waals surface area contributed by atoms with Crippen LogP contribution in [-0.4, -0.2) is 52.7 Å². The van der Waals surface area contributed by atoms with Crippen LogP contribution in [0.1, 0.15) is 44.2 Å². The lowest BCUT2D eigenvalue weighted by molar-refractivity contribution is -0.157. The van der Waals surface area contributed by atoms with Crippen LogP contribution in [0.4, 0.5) is 4.79 Å². The fourth-order valence-corrected chi connectivity index (χ4v) is 4.30. The van der Waals surface area contributed by atoms with Crippen LogP contribution in [0, 0.1) is 0 Å². The third-order valence-corrected chi connectivity index (χ3v) is 6.12. The number of likely N-dealkylation sites (N-methyl/N-ethyl adjacent to an activating group) is 1. The van der Waals surface area contributed by atoms with Gasteiger partial charge in [0.05, 0.1) is 0 Å². The van der Waals surface area contributed by atoms with Crippen LogP contribution in [0.15, 0.2) is 61.2 Å². The molecule has 3 rings (SSSR count). The first kappa shape index (κ1) is 24.0. The van der Waals surface area contributed by atoms with E-state index in [0.717, 1.165) is 22.3 Å². The SMILES string of the molecule is C=CCC(NC(=O)OCC1c2ccccc2-c2ccccc21)C(=O)N(CC)C(C)(C)C(=O)O. The predicted octanol–water partition coefficient (Wildman–Crippen LogP) is 4.18. The lowest BCUT2D eigenvalue weighted by Gasteiger charge is -2.36. The Balaban J connectivity index is 1.72. The van der Waals surface area contributed by atoms with E-state index in [1.54, 1.807) is 6.92 Å². The number of ether oxygens (including phenoxy) is 1. The van der Waals surface area contributed by atoms with Crippen molar-refractivity contribution >= 4 is 18.0 Å². The smallest absolute Gasteiger partial charge is 0.407 e. The molecule has 1 aliphatic rings. The Morgan fingerprint density at radius 3 is 2.15 bits per heavy atom. The molecule has 0 aliphatic heterocycles. The zero-order chi connectivity index (χ0) is 24.2. The molecule has 7 nitrogen and oxygen atoms in total. The average Bonchev–Trinajstić information content (AvgIpc) is 3.11. The molecule has 2 aromatic carbocycles. The third kappa shape index (κ3) is 4.77. The number of hydrogen-bond donors (Lipinski definition) is 2. The van der Waals surface area contributed by atoms with Crippen molar-refractivity contribution in [2.45, 2.75) is 44.7 Å². The summed E-state index contributed by atoms with van der Waals surface area (Å²) in [6.45, 7) is 8.55. The van der Waals surface area contributed by atoms with Crippen LogP contribution in [0.2, 0.25) is 0 Å². The molecule has 174 valence electrons. The van der Waals surface area contributed by atoms with Gasteiger partial charge in [-0.15, -0.1) is 6.58 Å². The Morgan fingerprint density at radius 2 is 1.67 bits per heavy atom. The van der Waals surface area contributed by atoms with Crippen LogP contribution >= 0.6 is 0 Å². The van der Waals surface area contributed by atoms with Crippen LogP contribution in [-0.2, 0) is 14.3 Å². The van der Waals surface area contributed by atoms with E-state index in [1.807, 2.05) is 36.4 Å². The maximum atomic E-state index is 13.1. The summed E-state index contributed by atoms with van der Waals surface area (Å²) in [6.07, 6.45) is 0.921. The zero-order valence-electron chi connectivity index (χ0n) is 19.2.